The molecule has 0 bridgehead atoms. The van der Waals surface area contributed by atoms with Crippen LogP contribution < -0.4 is 0 Å². The lowest BCUT2D eigenvalue weighted by atomic mass is 9.93. The minimum absolute atomic E-state index is 0.981. The molecule has 0 amide bonds. The highest BCUT2D eigenvalue weighted by molar-refractivity contribution is 6.31. The van der Waals surface area contributed by atoms with E-state index in [0.29, 0.717) is 0 Å². The fourth-order valence-electron chi connectivity index (χ4n) is 6.65. The zero-order chi connectivity index (χ0) is 28.2. The molecule has 0 saturated heterocycles. The van der Waals surface area contributed by atoms with Gasteiger partial charge in [-0.2, -0.15) is 0 Å². The fourth-order valence-corrected chi connectivity index (χ4v) is 6.65. The van der Waals surface area contributed by atoms with Crippen molar-refractivity contribution in [3.63, 3.8) is 0 Å². The van der Waals surface area contributed by atoms with Crippen LogP contribution in [-0.4, -0.2) is 9.55 Å². The molecule has 0 atom stereocenters. The molecule has 0 spiro atoms. The van der Waals surface area contributed by atoms with Gasteiger partial charge in [0.1, 0.15) is 0 Å². The van der Waals surface area contributed by atoms with E-state index in [-0.39, 0.29) is 0 Å². The maximum atomic E-state index is 4.86. The first-order valence-electron chi connectivity index (χ1n) is 14.4. The highest BCUT2D eigenvalue weighted by atomic mass is 15.0. The molecule has 8 aromatic rings. The van der Waals surface area contributed by atoms with E-state index < -0.39 is 0 Å². The first-order chi connectivity index (χ1) is 20.7. The lowest BCUT2D eigenvalue weighted by Gasteiger charge is -2.13. The molecule has 2 nitrogen and oxygen atoms in total. The van der Waals surface area contributed by atoms with Gasteiger partial charge in [-0.05, 0) is 75.3 Å². The summed E-state index contributed by atoms with van der Waals surface area (Å²) < 4.78 is 2.39. The number of pyridine rings is 1. The minimum Gasteiger partial charge on any atom is -0.309 e. The molecule has 0 aliphatic carbocycles. The van der Waals surface area contributed by atoms with Gasteiger partial charge in [0.05, 0.1) is 16.6 Å². The van der Waals surface area contributed by atoms with Crippen LogP contribution in [-0.2, 0) is 0 Å². The van der Waals surface area contributed by atoms with Gasteiger partial charge in [-0.25, -0.2) is 0 Å². The van der Waals surface area contributed by atoms with Crippen LogP contribution in [0.4, 0.5) is 0 Å². The van der Waals surface area contributed by atoms with Crippen LogP contribution >= 0.6 is 0 Å². The van der Waals surface area contributed by atoms with Gasteiger partial charge >= 0.3 is 0 Å². The standard InChI is InChI=1S/C40H28N2/c1-3-28(23-22-26(2)36-25-27-13-4-5-14-29(27)30-15-6-7-16-31(30)36)42-37-21-11-10-19-34(37)38-32-17-8-9-18-33(32)39-35(40(38)42)20-12-24-41-39/h3-25H,2H2,1H3/b23-22-,28-3+. The first kappa shape index (κ1) is 24.3. The van der Waals surface area contributed by atoms with Gasteiger partial charge in [0.15, 0.2) is 0 Å². The highest BCUT2D eigenvalue weighted by Gasteiger charge is 2.19. The summed E-state index contributed by atoms with van der Waals surface area (Å²) in [5.41, 5.74) is 6.60. The third kappa shape index (κ3) is 3.55. The van der Waals surface area contributed by atoms with Gasteiger partial charge < -0.3 is 4.57 Å². The fraction of sp³-hybridized carbons (Fsp3) is 0.0250. The van der Waals surface area contributed by atoms with Crippen molar-refractivity contribution in [1.29, 1.82) is 0 Å². The zero-order valence-electron chi connectivity index (χ0n) is 23.4. The Hall–Kier alpha value is -5.47. The third-order valence-electron chi connectivity index (χ3n) is 8.51. The van der Waals surface area contributed by atoms with E-state index in [1.165, 1.54) is 54.1 Å². The van der Waals surface area contributed by atoms with Crippen molar-refractivity contribution < 1.29 is 0 Å². The summed E-state index contributed by atoms with van der Waals surface area (Å²) in [6, 6.07) is 41.1. The Morgan fingerprint density at radius 1 is 0.643 bits per heavy atom. The van der Waals surface area contributed by atoms with Crippen LogP contribution in [0.1, 0.15) is 12.5 Å². The van der Waals surface area contributed by atoms with Gasteiger partial charge in [-0.3, -0.25) is 4.98 Å². The lowest BCUT2D eigenvalue weighted by Crippen LogP contribution is -1.96. The second kappa shape index (κ2) is 9.57. The molecule has 6 aromatic carbocycles. The Balaban J connectivity index is 1.36. The normalized spacial score (nSPS) is 12.5. The van der Waals surface area contributed by atoms with Gasteiger partial charge in [0.25, 0.3) is 0 Å². The lowest BCUT2D eigenvalue weighted by molar-refractivity contribution is 1.24. The van der Waals surface area contributed by atoms with E-state index >= 15 is 0 Å². The molecule has 8 rings (SSSR count). The monoisotopic (exact) mass is 536 g/mol. The number of para-hydroxylation sites is 1. The molecular weight excluding hydrogens is 508 g/mol. The molecule has 2 heteroatoms. The van der Waals surface area contributed by atoms with Crippen LogP contribution in [0.2, 0.25) is 0 Å². The molecule has 0 fully saturated rings. The Morgan fingerprint density at radius 3 is 2.10 bits per heavy atom. The van der Waals surface area contributed by atoms with E-state index in [1.807, 2.05) is 12.3 Å². The third-order valence-corrected chi connectivity index (χ3v) is 8.51. The zero-order valence-corrected chi connectivity index (χ0v) is 23.4. The van der Waals surface area contributed by atoms with Crippen molar-refractivity contribution in [2.24, 2.45) is 0 Å². The number of fused-ring (bicyclic) bond motifs is 11. The maximum absolute atomic E-state index is 4.86. The van der Waals surface area contributed by atoms with Crippen molar-refractivity contribution in [3.05, 3.63) is 152 Å². The summed E-state index contributed by atoms with van der Waals surface area (Å²) in [6.45, 7) is 6.66. The second-order valence-corrected chi connectivity index (χ2v) is 10.8. The van der Waals surface area contributed by atoms with Crippen molar-refractivity contribution in [2.75, 3.05) is 0 Å². The average molecular weight is 537 g/mol. The summed E-state index contributed by atoms with van der Waals surface area (Å²) in [5.74, 6) is 0. The predicted octanol–water partition coefficient (Wildman–Crippen LogP) is 10.9. The van der Waals surface area contributed by atoms with Crippen molar-refractivity contribution in [3.8, 4) is 0 Å². The number of rotatable bonds is 4. The van der Waals surface area contributed by atoms with Crippen molar-refractivity contribution in [1.82, 2.24) is 9.55 Å². The Kier molecular flexibility index (Phi) is 5.55. The predicted molar refractivity (Wildman–Crippen MR) is 182 cm³/mol. The number of benzene rings is 6. The summed E-state index contributed by atoms with van der Waals surface area (Å²) in [5, 5.41) is 11.0. The highest BCUT2D eigenvalue weighted by Crippen LogP contribution is 2.42. The van der Waals surface area contributed by atoms with Gasteiger partial charge in [0.2, 0.25) is 0 Å². The van der Waals surface area contributed by atoms with Crippen LogP contribution in [0.5, 0.6) is 0 Å². The Labute approximate surface area is 244 Å². The van der Waals surface area contributed by atoms with Gasteiger partial charge in [-0.15, -0.1) is 0 Å². The van der Waals surface area contributed by atoms with Crippen LogP contribution in [0.15, 0.2) is 146 Å². The van der Waals surface area contributed by atoms with Crippen LogP contribution in [0, 0.1) is 0 Å². The van der Waals surface area contributed by atoms with E-state index in [0.717, 1.165) is 27.7 Å². The maximum Gasteiger partial charge on any atom is 0.0801 e. The van der Waals surface area contributed by atoms with E-state index in [2.05, 4.69) is 145 Å². The van der Waals surface area contributed by atoms with Crippen LogP contribution in [0.25, 0.3) is 76.3 Å². The molecule has 2 heterocycles. The molecule has 0 unspecified atom stereocenters. The SMILES string of the molecule is C=C(/C=C\C(=C/C)n1c2ccccc2c2c3ccccc3c3ncccc3c21)c1cc2ccccc2c2ccccc12. The van der Waals surface area contributed by atoms with Gasteiger partial charge in [-0.1, -0.05) is 110 Å². The molecule has 198 valence electrons. The van der Waals surface area contributed by atoms with E-state index in [1.54, 1.807) is 0 Å². The molecule has 42 heavy (non-hydrogen) atoms. The molecule has 0 N–H and O–H groups in total. The smallest absolute Gasteiger partial charge is 0.0801 e. The molecule has 2 aromatic heterocycles. The van der Waals surface area contributed by atoms with E-state index in [4.69, 9.17) is 4.98 Å². The number of aromatic nitrogens is 2. The number of allylic oxidation sites excluding steroid dienone is 5. The minimum atomic E-state index is 0.981. The number of hydrogen-bond acceptors (Lipinski definition) is 1. The Morgan fingerprint density at radius 2 is 1.29 bits per heavy atom. The summed E-state index contributed by atoms with van der Waals surface area (Å²) >= 11 is 0. The number of nitrogens with zero attached hydrogens (tertiary/aromatic N) is 2. The first-order valence-corrected chi connectivity index (χ1v) is 14.4. The second-order valence-electron chi connectivity index (χ2n) is 10.8. The molecule has 0 saturated carbocycles. The van der Waals surface area contributed by atoms with Crippen molar-refractivity contribution in [2.45, 2.75) is 6.92 Å². The molecule has 0 aliphatic heterocycles. The largest absolute Gasteiger partial charge is 0.309 e. The summed E-state index contributed by atoms with van der Waals surface area (Å²) in [7, 11) is 0. The van der Waals surface area contributed by atoms with Crippen molar-refractivity contribution >= 4 is 76.3 Å². The summed E-state index contributed by atoms with van der Waals surface area (Å²) in [6.07, 6.45) is 8.44. The average Bonchev–Trinajstić information content (AvgIpc) is 3.40. The molecule has 0 aliphatic rings. The topological polar surface area (TPSA) is 17.8 Å². The van der Waals surface area contributed by atoms with Crippen LogP contribution in [0.3, 0.4) is 0 Å². The molecule has 0 radical (unpaired) electrons. The molecular formula is C40H28N2. The Bertz CT molecular complexity index is 2440. The summed E-state index contributed by atoms with van der Waals surface area (Å²) in [4.78, 5) is 4.86. The van der Waals surface area contributed by atoms with Gasteiger partial charge in [0, 0.05) is 33.4 Å². The van der Waals surface area contributed by atoms with E-state index in [9.17, 15) is 0 Å². The number of hydrogen-bond donors (Lipinski definition) is 0. The quantitative estimate of drug-likeness (QED) is 0.162.